The van der Waals surface area contributed by atoms with Crippen molar-refractivity contribution in [2.24, 2.45) is 10.8 Å². The smallest absolute Gasteiger partial charge is 0.147 e. The van der Waals surface area contributed by atoms with Gasteiger partial charge in [-0.1, -0.05) is 0 Å². The fourth-order valence-electron chi connectivity index (χ4n) is 6.03. The van der Waals surface area contributed by atoms with Gasteiger partial charge in [0.05, 0.1) is 0 Å². The molecule has 0 saturated carbocycles. The molecule has 0 aromatic heterocycles. The van der Waals surface area contributed by atoms with E-state index in [1.807, 2.05) is 6.56 Å². The zero-order valence-corrected chi connectivity index (χ0v) is 26.2. The summed E-state index contributed by atoms with van der Waals surface area (Å²) >= 11 is -2.30. The molecule has 3 aliphatic carbocycles. The molecular weight excluding hydrogens is 510 g/mol. The zero-order chi connectivity index (χ0) is 22.4. The molecule has 0 aromatic rings. The van der Waals surface area contributed by atoms with Crippen LogP contribution < -0.4 is 0 Å². The van der Waals surface area contributed by atoms with Gasteiger partial charge in [0.2, 0.25) is 0 Å². The average Bonchev–Trinajstić information content (AvgIpc) is 3.31. The predicted octanol–water partition coefficient (Wildman–Crippen LogP) is 10.2. The fourth-order valence-corrected chi connectivity index (χ4v) is 16.7. The Morgan fingerprint density at radius 2 is 1.16 bits per heavy atom. The van der Waals surface area contributed by atoms with E-state index >= 15 is 0 Å². The van der Waals surface area contributed by atoms with E-state index < -0.39 is 21.8 Å². The quantitative estimate of drug-likeness (QED) is 0.293. The SMILES string of the molecule is CCCC1=[C]([Zr]([C]2=CC=CC2)[C]2=C(CCC)C(C)=C(C)C2(C)C)C(C)(C)C(C)=C1C.Cl.Cl. The maximum absolute atomic E-state index is 2.53. The second-order valence-electron chi connectivity index (χ2n) is 10.7. The van der Waals surface area contributed by atoms with E-state index in [0.29, 0.717) is 0 Å². The van der Waals surface area contributed by atoms with Crippen LogP contribution in [0, 0.1) is 10.8 Å². The summed E-state index contributed by atoms with van der Waals surface area (Å²) in [5, 5.41) is 0. The maximum Gasteiger partial charge on any atom is -0.147 e. The van der Waals surface area contributed by atoms with E-state index in [1.165, 1.54) is 32.1 Å². The first-order valence-electron chi connectivity index (χ1n) is 12.1. The molecule has 0 amide bonds. The Balaban J connectivity index is 0.00000256. The first-order chi connectivity index (χ1) is 14.0. The van der Waals surface area contributed by atoms with E-state index in [2.05, 4.69) is 87.5 Å². The monoisotopic (exact) mass is 553 g/mol. The third kappa shape index (κ3) is 4.70. The van der Waals surface area contributed by atoms with Gasteiger partial charge < -0.3 is 0 Å². The van der Waals surface area contributed by atoms with Crippen molar-refractivity contribution in [3.8, 4) is 0 Å². The van der Waals surface area contributed by atoms with Gasteiger partial charge in [-0.2, -0.15) is 0 Å². The van der Waals surface area contributed by atoms with Crippen LogP contribution in [0.3, 0.4) is 0 Å². The van der Waals surface area contributed by atoms with Crippen LogP contribution in [0.1, 0.15) is 101 Å². The van der Waals surface area contributed by atoms with Crippen molar-refractivity contribution in [1.82, 2.24) is 0 Å². The molecule has 3 heteroatoms. The minimum atomic E-state index is -2.30. The molecule has 0 unspecified atom stereocenters. The zero-order valence-electron chi connectivity index (χ0n) is 22.1. The molecule has 3 rings (SSSR count). The van der Waals surface area contributed by atoms with Crippen LogP contribution in [0.15, 0.2) is 61.5 Å². The Kier molecular flexibility index (Phi) is 10.4. The van der Waals surface area contributed by atoms with Crippen molar-refractivity contribution in [2.75, 3.05) is 0 Å². The number of allylic oxidation sites excluding steroid dienone is 12. The predicted molar refractivity (Wildman–Crippen MR) is 145 cm³/mol. The molecule has 0 bridgehead atoms. The van der Waals surface area contributed by atoms with Gasteiger partial charge in [-0.05, 0) is 0 Å². The standard InChI is InChI=1S/2C12H19.C5H5.2ClH.Zr/c2*1-6-7-11-8-12(4,5)10(3)9(11)2;1-2-4-5-3-1;;;/h2*6-7H2,1-5H3;1-3H,4H2;2*1H;. The van der Waals surface area contributed by atoms with Crippen LogP contribution >= 0.6 is 24.8 Å². The van der Waals surface area contributed by atoms with Gasteiger partial charge in [0, 0.05) is 0 Å². The van der Waals surface area contributed by atoms with Crippen LogP contribution in [-0.2, 0) is 21.8 Å². The maximum atomic E-state index is 2.53. The Labute approximate surface area is 219 Å². The van der Waals surface area contributed by atoms with Crippen molar-refractivity contribution in [3.63, 3.8) is 0 Å². The minimum Gasteiger partial charge on any atom is -0.147 e. The second-order valence-corrected chi connectivity index (χ2v) is 16.5. The van der Waals surface area contributed by atoms with Crippen LogP contribution in [0.25, 0.3) is 0 Å². The molecule has 0 N–H and O–H groups in total. The number of halogens is 2. The summed E-state index contributed by atoms with van der Waals surface area (Å²) < 4.78 is 5.60. The van der Waals surface area contributed by atoms with Crippen LogP contribution in [-0.4, -0.2) is 0 Å². The fraction of sp³-hybridized carbons (Fsp3) is 0.586. The molecule has 0 saturated heterocycles. The molecule has 0 nitrogen and oxygen atoms in total. The van der Waals surface area contributed by atoms with Crippen molar-refractivity contribution >= 4 is 24.8 Å². The van der Waals surface area contributed by atoms with E-state index in [4.69, 9.17) is 0 Å². The molecular formula is C29H45Cl2Zr. The van der Waals surface area contributed by atoms with Crippen LogP contribution in [0.5, 0.6) is 0 Å². The molecule has 179 valence electrons. The molecule has 0 heterocycles. The number of hydrogen-bond donors (Lipinski definition) is 0. The summed E-state index contributed by atoms with van der Waals surface area (Å²) in [5.41, 5.74) is 10.4. The minimum absolute atomic E-state index is 0. The van der Waals surface area contributed by atoms with Crippen molar-refractivity contribution in [2.45, 2.75) is 101 Å². The average molecular weight is 556 g/mol. The van der Waals surface area contributed by atoms with Crippen LogP contribution in [0.4, 0.5) is 0 Å². The molecule has 3 aliphatic rings. The Bertz CT molecular complexity index is 870. The van der Waals surface area contributed by atoms with Gasteiger partial charge in [-0.3, -0.25) is 0 Å². The Morgan fingerprint density at radius 3 is 1.47 bits per heavy atom. The summed E-state index contributed by atoms with van der Waals surface area (Å²) in [5.74, 6) is 0. The van der Waals surface area contributed by atoms with E-state index in [1.54, 1.807) is 36.7 Å². The summed E-state index contributed by atoms with van der Waals surface area (Å²) in [6, 6.07) is 0. The molecule has 32 heavy (non-hydrogen) atoms. The van der Waals surface area contributed by atoms with Crippen molar-refractivity contribution in [3.05, 3.63) is 61.5 Å². The topological polar surface area (TPSA) is 0 Å². The normalized spacial score (nSPS) is 21.4. The van der Waals surface area contributed by atoms with Gasteiger partial charge >= 0.3 is 195 Å². The van der Waals surface area contributed by atoms with E-state index in [9.17, 15) is 0 Å². The largest absolute Gasteiger partial charge is 0.147 e. The van der Waals surface area contributed by atoms with Gasteiger partial charge in [-0.25, -0.2) is 0 Å². The first-order valence-corrected chi connectivity index (χ1v) is 15.8. The summed E-state index contributed by atoms with van der Waals surface area (Å²) in [7, 11) is 0. The first kappa shape index (κ1) is 29.9. The van der Waals surface area contributed by atoms with E-state index in [-0.39, 0.29) is 35.6 Å². The third-order valence-electron chi connectivity index (χ3n) is 8.35. The van der Waals surface area contributed by atoms with Gasteiger partial charge in [-0.15, -0.1) is 24.8 Å². The van der Waals surface area contributed by atoms with Crippen molar-refractivity contribution in [1.29, 1.82) is 0 Å². The van der Waals surface area contributed by atoms with Crippen molar-refractivity contribution < 1.29 is 21.8 Å². The van der Waals surface area contributed by atoms with Gasteiger partial charge in [0.1, 0.15) is 0 Å². The van der Waals surface area contributed by atoms with E-state index in [0.717, 1.165) is 0 Å². The third-order valence-corrected chi connectivity index (χ3v) is 17.9. The molecule has 0 aromatic carbocycles. The second kappa shape index (κ2) is 11.1. The molecule has 0 fully saturated rings. The Morgan fingerprint density at radius 1 is 0.750 bits per heavy atom. The summed E-state index contributed by atoms with van der Waals surface area (Å²) in [4.78, 5) is 0. The number of hydrogen-bond acceptors (Lipinski definition) is 0. The summed E-state index contributed by atoms with van der Waals surface area (Å²) in [6.45, 7) is 24.5. The van der Waals surface area contributed by atoms with Crippen LogP contribution in [0.2, 0.25) is 0 Å². The molecule has 0 spiro atoms. The van der Waals surface area contributed by atoms with Gasteiger partial charge in [0.25, 0.3) is 0 Å². The summed E-state index contributed by atoms with van der Waals surface area (Å²) in [6.07, 6.45) is 13.4. The molecule has 0 radical (unpaired) electrons. The number of rotatable bonds is 7. The van der Waals surface area contributed by atoms with Gasteiger partial charge in [0.15, 0.2) is 0 Å². The molecule has 0 atom stereocenters. The molecule has 0 aliphatic heterocycles. The Hall–Kier alpha value is -0.0969.